The molecule has 0 heterocycles. The Labute approximate surface area is 88.6 Å². The van der Waals surface area contributed by atoms with Crippen LogP contribution in [0.5, 0.6) is 0 Å². The molecule has 15 heavy (non-hydrogen) atoms. The molecule has 0 unspecified atom stereocenters. The summed E-state index contributed by atoms with van der Waals surface area (Å²) in [6, 6.07) is 1.24. The lowest BCUT2D eigenvalue weighted by Gasteiger charge is -2.20. The van der Waals surface area contributed by atoms with Crippen LogP contribution in [-0.4, -0.2) is 17.9 Å². The lowest BCUT2D eigenvalue weighted by atomic mass is 9.98. The highest BCUT2D eigenvalue weighted by Crippen LogP contribution is 2.29. The van der Waals surface area contributed by atoms with Crippen LogP contribution < -0.4 is 11.1 Å². The SMILES string of the molecule is C[C@@H](CC#N)[C@H](NC(=O)C1CC1)C(N)=O. The highest BCUT2D eigenvalue weighted by molar-refractivity contribution is 5.88. The standard InChI is InChI=1S/C10H15N3O2/c1-6(4-5-11)8(9(12)14)13-10(15)7-2-3-7/h6-8H,2-4H2,1H3,(H2,12,14)(H,13,15)/t6-,8-/m0/s1. The summed E-state index contributed by atoms with van der Waals surface area (Å²) in [7, 11) is 0. The zero-order valence-electron chi connectivity index (χ0n) is 8.69. The maximum atomic E-state index is 11.4. The fourth-order valence-electron chi connectivity index (χ4n) is 1.37. The number of carbonyl (C=O) groups excluding carboxylic acids is 2. The van der Waals surface area contributed by atoms with E-state index in [0.29, 0.717) is 0 Å². The fourth-order valence-corrected chi connectivity index (χ4v) is 1.37. The van der Waals surface area contributed by atoms with E-state index < -0.39 is 11.9 Å². The van der Waals surface area contributed by atoms with Crippen molar-refractivity contribution in [3.8, 4) is 6.07 Å². The average molecular weight is 209 g/mol. The Morgan fingerprint density at radius 3 is 2.60 bits per heavy atom. The van der Waals surface area contributed by atoms with Gasteiger partial charge in [-0.05, 0) is 18.8 Å². The van der Waals surface area contributed by atoms with Crippen molar-refractivity contribution in [1.29, 1.82) is 5.26 Å². The van der Waals surface area contributed by atoms with Gasteiger partial charge >= 0.3 is 0 Å². The molecule has 2 amide bonds. The molecule has 0 aromatic carbocycles. The van der Waals surface area contributed by atoms with Gasteiger partial charge in [0.25, 0.3) is 0 Å². The Balaban J connectivity index is 2.53. The van der Waals surface area contributed by atoms with E-state index in [-0.39, 0.29) is 24.2 Å². The topological polar surface area (TPSA) is 96.0 Å². The summed E-state index contributed by atoms with van der Waals surface area (Å²) in [5, 5.41) is 11.1. The molecule has 0 aromatic heterocycles. The van der Waals surface area contributed by atoms with Gasteiger partial charge in [0.2, 0.25) is 11.8 Å². The first-order chi connectivity index (χ1) is 7.06. The van der Waals surface area contributed by atoms with Crippen LogP contribution in [0.25, 0.3) is 0 Å². The third kappa shape index (κ3) is 3.24. The van der Waals surface area contributed by atoms with E-state index in [4.69, 9.17) is 11.0 Å². The summed E-state index contributed by atoms with van der Waals surface area (Å²) >= 11 is 0. The zero-order valence-corrected chi connectivity index (χ0v) is 8.69. The molecular formula is C10H15N3O2. The average Bonchev–Trinajstić information content (AvgIpc) is 2.96. The van der Waals surface area contributed by atoms with Gasteiger partial charge in [0, 0.05) is 12.3 Å². The largest absolute Gasteiger partial charge is 0.368 e. The van der Waals surface area contributed by atoms with E-state index in [9.17, 15) is 9.59 Å². The lowest BCUT2D eigenvalue weighted by Crippen LogP contribution is -2.48. The molecule has 0 radical (unpaired) electrons. The number of nitrogens with zero attached hydrogens (tertiary/aromatic N) is 1. The molecule has 0 bridgehead atoms. The van der Waals surface area contributed by atoms with Crippen LogP contribution in [0.1, 0.15) is 26.2 Å². The van der Waals surface area contributed by atoms with Crippen molar-refractivity contribution < 1.29 is 9.59 Å². The van der Waals surface area contributed by atoms with Crippen LogP contribution in [0, 0.1) is 23.2 Å². The highest BCUT2D eigenvalue weighted by Gasteiger charge is 2.33. The molecule has 1 aliphatic rings. The van der Waals surface area contributed by atoms with E-state index in [1.54, 1.807) is 6.92 Å². The van der Waals surface area contributed by atoms with Crippen molar-refractivity contribution in [2.24, 2.45) is 17.6 Å². The van der Waals surface area contributed by atoms with Crippen molar-refractivity contribution in [3.63, 3.8) is 0 Å². The Morgan fingerprint density at radius 2 is 2.20 bits per heavy atom. The molecule has 1 saturated carbocycles. The number of amides is 2. The fraction of sp³-hybridized carbons (Fsp3) is 0.700. The summed E-state index contributed by atoms with van der Waals surface area (Å²) in [6.07, 6.45) is 1.96. The van der Waals surface area contributed by atoms with Gasteiger partial charge < -0.3 is 11.1 Å². The highest BCUT2D eigenvalue weighted by atomic mass is 16.2. The van der Waals surface area contributed by atoms with Gasteiger partial charge in [0.1, 0.15) is 6.04 Å². The van der Waals surface area contributed by atoms with E-state index in [0.717, 1.165) is 12.8 Å². The van der Waals surface area contributed by atoms with Crippen LogP contribution >= 0.6 is 0 Å². The quantitative estimate of drug-likeness (QED) is 0.662. The third-order valence-electron chi connectivity index (χ3n) is 2.53. The zero-order chi connectivity index (χ0) is 11.4. The summed E-state index contributed by atoms with van der Waals surface area (Å²) < 4.78 is 0. The van der Waals surface area contributed by atoms with Crippen LogP contribution in [-0.2, 0) is 9.59 Å². The third-order valence-corrected chi connectivity index (χ3v) is 2.53. The number of nitrogens with one attached hydrogen (secondary N) is 1. The maximum Gasteiger partial charge on any atom is 0.240 e. The first-order valence-corrected chi connectivity index (χ1v) is 5.03. The second-order valence-corrected chi connectivity index (χ2v) is 4.00. The van der Waals surface area contributed by atoms with Gasteiger partial charge in [-0.25, -0.2) is 0 Å². The van der Waals surface area contributed by atoms with Gasteiger partial charge in [0.05, 0.1) is 6.07 Å². The minimum atomic E-state index is -0.724. The van der Waals surface area contributed by atoms with Crippen molar-refractivity contribution >= 4 is 11.8 Å². The molecule has 5 nitrogen and oxygen atoms in total. The summed E-state index contributed by atoms with van der Waals surface area (Å²) in [6.45, 7) is 1.73. The van der Waals surface area contributed by atoms with Crippen LogP contribution in [0.2, 0.25) is 0 Å². The van der Waals surface area contributed by atoms with E-state index in [1.165, 1.54) is 0 Å². The molecule has 3 N–H and O–H groups in total. The Hall–Kier alpha value is -1.57. The number of carbonyl (C=O) groups is 2. The van der Waals surface area contributed by atoms with Crippen molar-refractivity contribution in [2.75, 3.05) is 0 Å². The summed E-state index contributed by atoms with van der Waals surface area (Å²) in [5.74, 6) is -0.897. The van der Waals surface area contributed by atoms with Crippen molar-refractivity contribution in [1.82, 2.24) is 5.32 Å². The molecule has 82 valence electrons. The molecular weight excluding hydrogens is 194 g/mol. The van der Waals surface area contributed by atoms with Gasteiger partial charge in [-0.1, -0.05) is 6.92 Å². The van der Waals surface area contributed by atoms with Crippen LogP contribution in [0.4, 0.5) is 0 Å². The number of hydrogen-bond acceptors (Lipinski definition) is 3. The van der Waals surface area contributed by atoms with Gasteiger partial charge in [0.15, 0.2) is 0 Å². The predicted octanol–water partition coefficient (Wildman–Crippen LogP) is -0.0837. The van der Waals surface area contributed by atoms with E-state index in [2.05, 4.69) is 5.32 Å². The van der Waals surface area contributed by atoms with Gasteiger partial charge in [-0.3, -0.25) is 9.59 Å². The lowest BCUT2D eigenvalue weighted by molar-refractivity contribution is -0.129. The monoisotopic (exact) mass is 209 g/mol. The smallest absolute Gasteiger partial charge is 0.240 e. The normalized spacial score (nSPS) is 18.7. The van der Waals surface area contributed by atoms with E-state index in [1.807, 2.05) is 6.07 Å². The molecule has 0 saturated heterocycles. The van der Waals surface area contributed by atoms with Crippen molar-refractivity contribution in [2.45, 2.75) is 32.2 Å². The maximum absolute atomic E-state index is 11.4. The molecule has 0 aliphatic heterocycles. The number of rotatable bonds is 5. The summed E-state index contributed by atoms with van der Waals surface area (Å²) in [5.41, 5.74) is 5.17. The molecule has 1 fully saturated rings. The number of nitriles is 1. The number of hydrogen-bond donors (Lipinski definition) is 2. The second kappa shape index (κ2) is 4.78. The minimum absolute atomic E-state index is 0.0427. The minimum Gasteiger partial charge on any atom is -0.368 e. The number of primary amides is 1. The Bertz CT molecular complexity index is 304. The molecule has 1 rings (SSSR count). The molecule has 0 aromatic rings. The van der Waals surface area contributed by atoms with Crippen molar-refractivity contribution in [3.05, 3.63) is 0 Å². The van der Waals surface area contributed by atoms with Crippen LogP contribution in [0.3, 0.4) is 0 Å². The molecule has 0 spiro atoms. The Morgan fingerprint density at radius 1 is 1.60 bits per heavy atom. The second-order valence-electron chi connectivity index (χ2n) is 4.00. The molecule has 1 aliphatic carbocycles. The first kappa shape index (κ1) is 11.5. The molecule has 5 heteroatoms. The van der Waals surface area contributed by atoms with Gasteiger partial charge in [-0.2, -0.15) is 5.26 Å². The first-order valence-electron chi connectivity index (χ1n) is 5.03. The van der Waals surface area contributed by atoms with Crippen LogP contribution in [0.15, 0.2) is 0 Å². The summed E-state index contributed by atoms with van der Waals surface area (Å²) in [4.78, 5) is 22.5. The van der Waals surface area contributed by atoms with E-state index >= 15 is 0 Å². The molecule has 2 atom stereocenters. The van der Waals surface area contributed by atoms with Gasteiger partial charge in [-0.15, -0.1) is 0 Å². The number of nitrogens with two attached hydrogens (primary N) is 1. The predicted molar refractivity (Wildman–Crippen MR) is 53.2 cm³/mol. The Kier molecular flexibility index (Phi) is 3.67.